The fourth-order valence-electron chi connectivity index (χ4n) is 4.49. The minimum Gasteiger partial charge on any atom is -0.907 e. The molecule has 6 aromatic rings. The van der Waals surface area contributed by atoms with E-state index in [9.17, 15) is 0 Å². The van der Waals surface area contributed by atoms with Crippen LogP contribution in [0, 0.1) is 34.0 Å². The Morgan fingerprint density at radius 2 is 0.612 bits per heavy atom. The maximum absolute atomic E-state index is 8.93. The highest BCUT2D eigenvalue weighted by molar-refractivity contribution is 6.24. The second kappa shape index (κ2) is 21.3. The van der Waals surface area contributed by atoms with Crippen LogP contribution in [0.15, 0.2) is 164 Å². The summed E-state index contributed by atoms with van der Waals surface area (Å²) in [4.78, 5) is 0. The van der Waals surface area contributed by atoms with Gasteiger partial charge >= 0.3 is 0 Å². The molecule has 0 unspecified atom stereocenters. The van der Waals surface area contributed by atoms with Crippen LogP contribution >= 0.6 is 0 Å². The van der Waals surface area contributed by atoms with E-state index >= 15 is 0 Å². The number of aromatic nitrogens is 3. The van der Waals surface area contributed by atoms with Crippen LogP contribution in [0.5, 0.6) is 0 Å². The highest BCUT2D eigenvalue weighted by Gasteiger charge is 2.10. The van der Waals surface area contributed by atoms with E-state index < -0.39 is 7.32 Å². The molecular formula is C39H33BN6O3. The number of rotatable bonds is 6. The van der Waals surface area contributed by atoms with Crippen LogP contribution in [0.25, 0.3) is 0 Å². The predicted molar refractivity (Wildman–Crippen MR) is 176 cm³/mol. The molecule has 6 rings (SSSR count). The molecule has 0 atom stereocenters. The lowest BCUT2D eigenvalue weighted by atomic mass is 10.2. The van der Waals surface area contributed by atoms with Gasteiger partial charge in [0.15, 0.2) is 56.4 Å². The third kappa shape index (κ3) is 13.8. The first-order valence-electron chi connectivity index (χ1n) is 15.2. The Morgan fingerprint density at radius 1 is 0.388 bits per heavy atom. The van der Waals surface area contributed by atoms with Gasteiger partial charge in [-0.1, -0.05) is 91.0 Å². The summed E-state index contributed by atoms with van der Waals surface area (Å²) in [5.74, 6) is 0. The topological polar surface area (TPSA) is 152 Å². The standard InChI is InChI=1S/3C13H11N2.BO3/c3*14-10-13-8-4-5-9-15(13)11-12-6-2-1-3-7-12;2-1(3)4/h3*1-9H,11H2;/q3*+1;-3. The monoisotopic (exact) mass is 644 g/mol. The quantitative estimate of drug-likeness (QED) is 0.199. The van der Waals surface area contributed by atoms with Gasteiger partial charge in [-0.25, -0.2) is 0 Å². The second-order valence-electron chi connectivity index (χ2n) is 10.2. The zero-order valence-corrected chi connectivity index (χ0v) is 26.7. The molecule has 0 N–H and O–H groups in total. The van der Waals surface area contributed by atoms with Gasteiger partial charge in [-0.15, -0.1) is 0 Å². The summed E-state index contributed by atoms with van der Waals surface area (Å²) in [6.45, 7) is 2.22. The summed E-state index contributed by atoms with van der Waals surface area (Å²) >= 11 is 0. The maximum atomic E-state index is 8.93. The van der Waals surface area contributed by atoms with Crippen LogP contribution in [0.1, 0.15) is 33.8 Å². The molecular weight excluding hydrogens is 611 g/mol. The summed E-state index contributed by atoms with van der Waals surface area (Å²) in [6, 6.07) is 53.8. The largest absolute Gasteiger partial charge is 0.907 e. The van der Waals surface area contributed by atoms with E-state index in [1.807, 2.05) is 141 Å². The maximum Gasteiger partial charge on any atom is 0.283 e. The highest BCUT2D eigenvalue weighted by Crippen LogP contribution is 2.01. The minimum absolute atomic E-state index is 0.682. The Morgan fingerprint density at radius 3 is 0.837 bits per heavy atom. The van der Waals surface area contributed by atoms with Crippen molar-refractivity contribution < 1.29 is 28.8 Å². The lowest BCUT2D eigenvalue weighted by molar-refractivity contribution is -0.690. The third-order valence-electron chi connectivity index (χ3n) is 6.75. The van der Waals surface area contributed by atoms with Crippen molar-refractivity contribution in [2.75, 3.05) is 0 Å². The first-order chi connectivity index (χ1) is 23.9. The molecule has 0 fully saturated rings. The predicted octanol–water partition coefficient (Wildman–Crippen LogP) is 1.73. The normalized spacial score (nSPS) is 9.31. The first-order valence-corrected chi connectivity index (χ1v) is 15.2. The third-order valence-corrected chi connectivity index (χ3v) is 6.75. The summed E-state index contributed by atoms with van der Waals surface area (Å²) in [5, 5.41) is 52.0. The Kier molecular flexibility index (Phi) is 16.1. The molecule has 0 bridgehead atoms. The molecule has 0 aliphatic carbocycles. The van der Waals surface area contributed by atoms with Gasteiger partial charge in [0, 0.05) is 53.1 Å². The molecule has 0 amide bonds. The molecule has 3 heterocycles. The number of benzene rings is 3. The van der Waals surface area contributed by atoms with Gasteiger partial charge in [-0.2, -0.15) is 29.5 Å². The van der Waals surface area contributed by atoms with Crippen LogP contribution in [0.2, 0.25) is 0 Å². The Bertz CT molecular complexity index is 1750. The summed E-state index contributed by atoms with van der Waals surface area (Å²) in [7, 11) is -2.92. The molecule has 3 aromatic carbocycles. The summed E-state index contributed by atoms with van der Waals surface area (Å²) < 4.78 is 5.82. The first kappa shape index (κ1) is 37.0. The molecule has 49 heavy (non-hydrogen) atoms. The Labute approximate surface area is 287 Å². The van der Waals surface area contributed by atoms with Gasteiger partial charge in [-0.3, -0.25) is 7.32 Å². The summed E-state index contributed by atoms with van der Waals surface area (Å²) in [6.07, 6.45) is 5.77. The highest BCUT2D eigenvalue weighted by atomic mass is 16.5. The SMILES string of the molecule is N#Cc1cccc[n+]1Cc1ccccc1.N#Cc1cccc[n+]1Cc1ccccc1.N#Cc1cccc[n+]1Cc1ccccc1.[O-]B([O-])[O-]. The number of hydrogen-bond donors (Lipinski definition) is 0. The van der Waals surface area contributed by atoms with Crippen molar-refractivity contribution >= 4 is 7.32 Å². The molecule has 3 aromatic heterocycles. The van der Waals surface area contributed by atoms with E-state index in [4.69, 9.17) is 30.9 Å². The van der Waals surface area contributed by atoms with Crippen molar-refractivity contribution in [1.29, 1.82) is 15.8 Å². The van der Waals surface area contributed by atoms with Crippen molar-refractivity contribution in [3.05, 3.63) is 198 Å². The molecule has 0 aliphatic rings. The van der Waals surface area contributed by atoms with Gasteiger partial charge < -0.3 is 15.1 Å². The molecule has 0 saturated carbocycles. The molecule has 9 nitrogen and oxygen atoms in total. The molecule has 240 valence electrons. The van der Waals surface area contributed by atoms with Crippen molar-refractivity contribution in [3.63, 3.8) is 0 Å². The van der Waals surface area contributed by atoms with Gasteiger partial charge in [0.2, 0.25) is 0 Å². The van der Waals surface area contributed by atoms with Crippen LogP contribution in [0.4, 0.5) is 0 Å². The van der Waals surface area contributed by atoms with E-state index in [0.717, 1.165) is 19.6 Å². The zero-order chi connectivity index (χ0) is 35.1. The van der Waals surface area contributed by atoms with Crippen LogP contribution in [-0.2, 0) is 19.6 Å². The van der Waals surface area contributed by atoms with Gasteiger partial charge in [0.25, 0.3) is 17.1 Å². The van der Waals surface area contributed by atoms with E-state index in [1.54, 1.807) is 0 Å². The van der Waals surface area contributed by atoms with E-state index in [1.165, 1.54) is 16.7 Å². The van der Waals surface area contributed by atoms with Gasteiger partial charge in [0.05, 0.1) is 0 Å². The van der Waals surface area contributed by atoms with Crippen LogP contribution < -0.4 is 28.8 Å². The van der Waals surface area contributed by atoms with Crippen molar-refractivity contribution in [2.45, 2.75) is 19.6 Å². The van der Waals surface area contributed by atoms with Gasteiger partial charge in [-0.05, 0) is 18.2 Å². The lowest BCUT2D eigenvalue weighted by Gasteiger charge is -2.35. The Hall–Kier alpha value is -6.48. The molecule has 0 spiro atoms. The fraction of sp³-hybridized carbons (Fsp3) is 0.0769. The minimum atomic E-state index is -2.92. The van der Waals surface area contributed by atoms with E-state index in [-0.39, 0.29) is 0 Å². The van der Waals surface area contributed by atoms with E-state index in [0.29, 0.717) is 17.1 Å². The molecule has 10 heteroatoms. The number of nitriles is 3. The smallest absolute Gasteiger partial charge is 0.283 e. The van der Waals surface area contributed by atoms with E-state index in [2.05, 4.69) is 54.6 Å². The lowest BCUT2D eigenvalue weighted by Crippen LogP contribution is -2.56. The average molecular weight is 645 g/mol. The van der Waals surface area contributed by atoms with Crippen molar-refractivity contribution in [2.24, 2.45) is 0 Å². The molecule has 0 radical (unpaired) electrons. The van der Waals surface area contributed by atoms with Crippen LogP contribution in [-0.4, -0.2) is 7.32 Å². The number of pyridine rings is 3. The molecule has 0 aliphatic heterocycles. The van der Waals surface area contributed by atoms with Crippen LogP contribution in [0.3, 0.4) is 0 Å². The Balaban J connectivity index is 0.000000188. The number of nitrogens with zero attached hydrogens (tertiary/aromatic N) is 6. The molecule has 0 saturated heterocycles. The van der Waals surface area contributed by atoms with Crippen molar-refractivity contribution in [1.82, 2.24) is 0 Å². The second-order valence-corrected chi connectivity index (χ2v) is 10.2. The number of hydrogen-bond acceptors (Lipinski definition) is 6. The van der Waals surface area contributed by atoms with Crippen molar-refractivity contribution in [3.8, 4) is 18.2 Å². The average Bonchev–Trinajstić information content (AvgIpc) is 3.14. The summed E-state index contributed by atoms with van der Waals surface area (Å²) in [5.41, 5.74) is 5.64. The zero-order valence-electron chi connectivity index (χ0n) is 26.7. The van der Waals surface area contributed by atoms with Gasteiger partial charge in [0.1, 0.15) is 0 Å². The fourth-order valence-corrected chi connectivity index (χ4v) is 4.49.